The van der Waals surface area contributed by atoms with Crippen LogP contribution in [0.2, 0.25) is 0 Å². The second-order valence-electron chi connectivity index (χ2n) is 5.39. The molecule has 0 aromatic heterocycles. The zero-order valence-electron chi connectivity index (χ0n) is 12.6. The number of hydrogen-bond acceptors (Lipinski definition) is 2. The fourth-order valence-corrected chi connectivity index (χ4v) is 2.70. The van der Waals surface area contributed by atoms with Crippen LogP contribution in [0.1, 0.15) is 27.0 Å². The molecule has 0 radical (unpaired) electrons. The van der Waals surface area contributed by atoms with Crippen molar-refractivity contribution in [1.29, 1.82) is 0 Å². The Hall–Kier alpha value is -3.08. The standard InChI is InChI=1S/C18H16N2O3/c1-20-11-14-13(8-7-12-5-3-2-4-6-12)9-10-15(19-18(22)23)16(14)17(20)21/h2-10,19H,11H2,1H3,(H,22,23). The minimum atomic E-state index is -1.18. The Balaban J connectivity index is 2.02. The molecule has 0 spiro atoms. The number of benzene rings is 2. The number of amides is 2. The molecule has 0 saturated heterocycles. The molecule has 0 saturated carbocycles. The van der Waals surface area contributed by atoms with E-state index in [4.69, 9.17) is 5.11 Å². The van der Waals surface area contributed by atoms with Gasteiger partial charge in [-0.3, -0.25) is 10.1 Å². The molecule has 5 heteroatoms. The van der Waals surface area contributed by atoms with Gasteiger partial charge in [-0.2, -0.15) is 0 Å². The third kappa shape index (κ3) is 2.94. The van der Waals surface area contributed by atoms with Crippen LogP contribution in [0.5, 0.6) is 0 Å². The van der Waals surface area contributed by atoms with E-state index in [1.165, 1.54) is 0 Å². The van der Waals surface area contributed by atoms with Crippen molar-refractivity contribution in [3.63, 3.8) is 0 Å². The summed E-state index contributed by atoms with van der Waals surface area (Å²) in [6.07, 6.45) is 2.75. The summed E-state index contributed by atoms with van der Waals surface area (Å²) in [6, 6.07) is 13.3. The molecule has 2 aromatic rings. The van der Waals surface area contributed by atoms with Gasteiger partial charge in [-0.05, 0) is 22.8 Å². The van der Waals surface area contributed by atoms with Crippen molar-refractivity contribution in [3.05, 3.63) is 64.7 Å². The average Bonchev–Trinajstić information content (AvgIpc) is 2.83. The Kier molecular flexibility index (Phi) is 3.85. The predicted molar refractivity (Wildman–Crippen MR) is 89.3 cm³/mol. The zero-order valence-corrected chi connectivity index (χ0v) is 12.6. The second kappa shape index (κ2) is 5.96. The number of carboxylic acid groups (broad SMARTS) is 1. The van der Waals surface area contributed by atoms with E-state index in [1.54, 1.807) is 18.0 Å². The van der Waals surface area contributed by atoms with Gasteiger partial charge in [0.15, 0.2) is 0 Å². The quantitative estimate of drug-likeness (QED) is 0.852. The zero-order chi connectivity index (χ0) is 16.4. The van der Waals surface area contributed by atoms with E-state index in [-0.39, 0.29) is 5.91 Å². The van der Waals surface area contributed by atoms with Crippen LogP contribution in [0, 0.1) is 0 Å². The molecule has 0 bridgehead atoms. The lowest BCUT2D eigenvalue weighted by Crippen LogP contribution is -2.19. The smallest absolute Gasteiger partial charge is 0.409 e. The Labute approximate surface area is 133 Å². The third-order valence-corrected chi connectivity index (χ3v) is 3.80. The molecule has 2 aromatic carbocycles. The summed E-state index contributed by atoms with van der Waals surface area (Å²) < 4.78 is 0. The van der Waals surface area contributed by atoms with Gasteiger partial charge in [0.2, 0.25) is 0 Å². The molecule has 0 unspecified atom stereocenters. The molecule has 2 N–H and O–H groups in total. The van der Waals surface area contributed by atoms with E-state index in [0.717, 1.165) is 16.7 Å². The maximum Gasteiger partial charge on any atom is 0.409 e. The maximum absolute atomic E-state index is 12.3. The van der Waals surface area contributed by atoms with Gasteiger partial charge in [0.1, 0.15) is 0 Å². The SMILES string of the molecule is CN1Cc2c(C=Cc3ccccc3)ccc(NC(=O)O)c2C1=O. The second-order valence-corrected chi connectivity index (χ2v) is 5.39. The first-order valence-corrected chi connectivity index (χ1v) is 7.20. The van der Waals surface area contributed by atoms with Gasteiger partial charge in [-0.25, -0.2) is 4.79 Å². The van der Waals surface area contributed by atoms with Crippen LogP contribution < -0.4 is 5.32 Å². The minimum Gasteiger partial charge on any atom is -0.465 e. The van der Waals surface area contributed by atoms with Crippen LogP contribution in [0.15, 0.2) is 42.5 Å². The van der Waals surface area contributed by atoms with E-state index < -0.39 is 6.09 Å². The Bertz CT molecular complexity index is 797. The molecule has 1 aliphatic heterocycles. The summed E-state index contributed by atoms with van der Waals surface area (Å²) in [4.78, 5) is 24.8. The van der Waals surface area contributed by atoms with Crippen LogP contribution in [0.4, 0.5) is 10.5 Å². The Morgan fingerprint density at radius 2 is 1.91 bits per heavy atom. The van der Waals surface area contributed by atoms with Gasteiger partial charge in [0.05, 0.1) is 11.3 Å². The average molecular weight is 308 g/mol. The van der Waals surface area contributed by atoms with Crippen LogP contribution in [-0.4, -0.2) is 29.1 Å². The van der Waals surface area contributed by atoms with E-state index in [2.05, 4.69) is 5.32 Å². The lowest BCUT2D eigenvalue weighted by Gasteiger charge is -2.08. The number of carbonyl (C=O) groups excluding carboxylic acids is 1. The van der Waals surface area contributed by atoms with Crippen LogP contribution in [-0.2, 0) is 6.54 Å². The number of hydrogen-bond donors (Lipinski definition) is 2. The largest absolute Gasteiger partial charge is 0.465 e. The highest BCUT2D eigenvalue weighted by atomic mass is 16.4. The molecular formula is C18H16N2O3. The fraction of sp³-hybridized carbons (Fsp3) is 0.111. The first kappa shape index (κ1) is 14.8. The molecule has 3 rings (SSSR count). The number of nitrogens with zero attached hydrogens (tertiary/aromatic N) is 1. The molecule has 1 heterocycles. The molecular weight excluding hydrogens is 292 g/mol. The van der Waals surface area contributed by atoms with Crippen molar-refractivity contribution in [2.75, 3.05) is 12.4 Å². The van der Waals surface area contributed by atoms with E-state index >= 15 is 0 Å². The Morgan fingerprint density at radius 3 is 2.61 bits per heavy atom. The first-order valence-electron chi connectivity index (χ1n) is 7.20. The van der Waals surface area contributed by atoms with Crippen molar-refractivity contribution >= 4 is 29.8 Å². The van der Waals surface area contributed by atoms with Crippen molar-refractivity contribution in [3.8, 4) is 0 Å². The van der Waals surface area contributed by atoms with Gasteiger partial charge in [-0.15, -0.1) is 0 Å². The van der Waals surface area contributed by atoms with Gasteiger partial charge in [0, 0.05) is 13.6 Å². The van der Waals surface area contributed by atoms with E-state index in [0.29, 0.717) is 17.8 Å². The number of nitrogens with one attached hydrogen (secondary N) is 1. The summed E-state index contributed by atoms with van der Waals surface area (Å²) in [6.45, 7) is 0.470. The van der Waals surface area contributed by atoms with Gasteiger partial charge >= 0.3 is 6.09 Å². The maximum atomic E-state index is 12.3. The number of rotatable bonds is 3. The van der Waals surface area contributed by atoms with E-state index in [1.807, 2.05) is 48.6 Å². The monoisotopic (exact) mass is 308 g/mol. The van der Waals surface area contributed by atoms with Gasteiger partial charge in [0.25, 0.3) is 5.91 Å². The number of fused-ring (bicyclic) bond motifs is 1. The lowest BCUT2D eigenvalue weighted by molar-refractivity contribution is 0.0817. The summed E-state index contributed by atoms with van der Waals surface area (Å²) in [5.41, 5.74) is 3.59. The highest BCUT2D eigenvalue weighted by Gasteiger charge is 2.29. The summed E-state index contributed by atoms with van der Waals surface area (Å²) >= 11 is 0. The molecule has 116 valence electrons. The van der Waals surface area contributed by atoms with Crippen molar-refractivity contribution < 1.29 is 14.7 Å². The third-order valence-electron chi connectivity index (χ3n) is 3.80. The fourth-order valence-electron chi connectivity index (χ4n) is 2.70. The molecule has 23 heavy (non-hydrogen) atoms. The van der Waals surface area contributed by atoms with Gasteiger partial charge in [-0.1, -0.05) is 48.6 Å². The summed E-state index contributed by atoms with van der Waals surface area (Å²) in [5.74, 6) is -0.168. The predicted octanol–water partition coefficient (Wildman–Crippen LogP) is 3.53. The first-order chi connectivity index (χ1) is 11.1. The molecule has 0 atom stereocenters. The van der Waals surface area contributed by atoms with Crippen molar-refractivity contribution in [2.45, 2.75) is 6.54 Å². The minimum absolute atomic E-state index is 0.168. The molecule has 0 aliphatic carbocycles. The van der Waals surface area contributed by atoms with Crippen molar-refractivity contribution in [1.82, 2.24) is 4.90 Å². The Morgan fingerprint density at radius 1 is 1.17 bits per heavy atom. The van der Waals surface area contributed by atoms with Crippen LogP contribution in [0.3, 0.4) is 0 Å². The van der Waals surface area contributed by atoms with Crippen LogP contribution in [0.25, 0.3) is 12.2 Å². The molecule has 5 nitrogen and oxygen atoms in total. The summed E-state index contributed by atoms with van der Waals surface area (Å²) in [7, 11) is 1.71. The van der Waals surface area contributed by atoms with Crippen molar-refractivity contribution in [2.24, 2.45) is 0 Å². The van der Waals surface area contributed by atoms with Gasteiger partial charge < -0.3 is 10.0 Å². The summed E-state index contributed by atoms with van der Waals surface area (Å²) in [5, 5.41) is 11.2. The molecule has 0 fully saturated rings. The van der Waals surface area contributed by atoms with Crippen LogP contribution >= 0.6 is 0 Å². The molecule has 2 amide bonds. The highest BCUT2D eigenvalue weighted by Crippen LogP contribution is 2.32. The number of carbonyl (C=O) groups is 2. The number of anilines is 1. The topological polar surface area (TPSA) is 69.6 Å². The normalized spacial score (nSPS) is 13.4. The molecule has 1 aliphatic rings. The van der Waals surface area contributed by atoms with E-state index in [9.17, 15) is 9.59 Å². The lowest BCUT2D eigenvalue weighted by atomic mass is 10.00. The highest BCUT2D eigenvalue weighted by molar-refractivity contribution is 6.06.